The molecule has 2 rings (SSSR count). The largest absolute Gasteiger partial charge is 0.508 e. The third kappa shape index (κ3) is 3.00. The Morgan fingerprint density at radius 3 is 1.25 bits per heavy atom. The van der Waals surface area contributed by atoms with E-state index in [0.29, 0.717) is 0 Å². The molecule has 0 amide bonds. The molecule has 0 aromatic heterocycles. The Morgan fingerprint density at radius 1 is 0.625 bits per heavy atom. The van der Waals surface area contributed by atoms with Gasteiger partial charge < -0.3 is 15.7 Å². The van der Waals surface area contributed by atoms with Crippen molar-refractivity contribution in [1.29, 1.82) is 0 Å². The van der Waals surface area contributed by atoms with Crippen molar-refractivity contribution in [3.63, 3.8) is 0 Å². The van der Waals surface area contributed by atoms with Crippen molar-refractivity contribution in [3.8, 4) is 11.5 Å². The molecule has 0 aliphatic heterocycles. The highest BCUT2D eigenvalue weighted by Gasteiger charge is 1.96. The lowest BCUT2D eigenvalue weighted by molar-refractivity contribution is 0.475. The van der Waals surface area contributed by atoms with Crippen LogP contribution in [-0.2, 0) is 6.42 Å². The fourth-order valence-corrected chi connectivity index (χ4v) is 1.46. The first-order valence-corrected chi connectivity index (χ1v) is 4.80. The number of phenols is 2. The van der Waals surface area contributed by atoms with Crippen molar-refractivity contribution >= 4 is 0 Å². The molecular formula is C13H14O3. The predicted molar refractivity (Wildman–Crippen MR) is 62.6 cm³/mol. The summed E-state index contributed by atoms with van der Waals surface area (Å²) in [4.78, 5) is 0. The maximum Gasteiger partial charge on any atom is 0.115 e. The lowest BCUT2D eigenvalue weighted by Gasteiger charge is -2.02. The zero-order valence-corrected chi connectivity index (χ0v) is 8.72. The molecule has 4 N–H and O–H groups in total. The third-order valence-electron chi connectivity index (χ3n) is 2.28. The van der Waals surface area contributed by atoms with Gasteiger partial charge in [-0.15, -0.1) is 0 Å². The van der Waals surface area contributed by atoms with Gasteiger partial charge in [-0.25, -0.2) is 0 Å². The molecule has 0 bridgehead atoms. The van der Waals surface area contributed by atoms with E-state index in [0.717, 1.165) is 17.5 Å². The maximum atomic E-state index is 9.13. The maximum absolute atomic E-state index is 9.13. The summed E-state index contributed by atoms with van der Waals surface area (Å²) in [6, 6.07) is 14.3. The van der Waals surface area contributed by atoms with Crippen molar-refractivity contribution in [3.05, 3.63) is 59.7 Å². The van der Waals surface area contributed by atoms with E-state index in [1.807, 2.05) is 24.3 Å². The molecule has 0 spiro atoms. The van der Waals surface area contributed by atoms with E-state index in [1.54, 1.807) is 24.3 Å². The highest BCUT2D eigenvalue weighted by molar-refractivity contribution is 5.32. The molecule has 84 valence electrons. The SMILES string of the molecule is O.Oc1ccc(Cc2ccc(O)cc2)cc1. The lowest BCUT2D eigenvalue weighted by Crippen LogP contribution is -1.86. The summed E-state index contributed by atoms with van der Waals surface area (Å²) in [5, 5.41) is 18.3. The van der Waals surface area contributed by atoms with Gasteiger partial charge in [-0.05, 0) is 41.8 Å². The van der Waals surface area contributed by atoms with Crippen LogP contribution >= 0.6 is 0 Å². The average Bonchev–Trinajstić information content (AvgIpc) is 2.25. The van der Waals surface area contributed by atoms with Crippen LogP contribution in [0, 0.1) is 0 Å². The zero-order valence-electron chi connectivity index (χ0n) is 8.72. The molecule has 0 unspecified atom stereocenters. The second-order valence-corrected chi connectivity index (χ2v) is 3.51. The van der Waals surface area contributed by atoms with Crippen molar-refractivity contribution in [2.24, 2.45) is 0 Å². The van der Waals surface area contributed by atoms with Gasteiger partial charge in [0.2, 0.25) is 0 Å². The van der Waals surface area contributed by atoms with Crippen LogP contribution in [-0.4, -0.2) is 15.7 Å². The van der Waals surface area contributed by atoms with E-state index < -0.39 is 0 Å². The Morgan fingerprint density at radius 2 is 0.938 bits per heavy atom. The minimum absolute atomic E-state index is 0. The molecule has 0 fully saturated rings. The third-order valence-corrected chi connectivity index (χ3v) is 2.28. The van der Waals surface area contributed by atoms with Gasteiger partial charge in [-0.3, -0.25) is 0 Å². The first-order chi connectivity index (χ1) is 7.24. The van der Waals surface area contributed by atoms with Gasteiger partial charge in [0, 0.05) is 0 Å². The predicted octanol–water partition coefficient (Wildman–Crippen LogP) is 1.86. The molecule has 2 aromatic rings. The molecule has 0 aliphatic carbocycles. The number of phenolic OH excluding ortho intramolecular Hbond substituents is 2. The van der Waals surface area contributed by atoms with Crippen LogP contribution < -0.4 is 0 Å². The van der Waals surface area contributed by atoms with Crippen LogP contribution in [0.25, 0.3) is 0 Å². The number of rotatable bonds is 2. The average molecular weight is 218 g/mol. The molecule has 3 nitrogen and oxygen atoms in total. The minimum Gasteiger partial charge on any atom is -0.508 e. The van der Waals surface area contributed by atoms with E-state index in [2.05, 4.69) is 0 Å². The van der Waals surface area contributed by atoms with Crippen molar-refractivity contribution in [2.45, 2.75) is 6.42 Å². The van der Waals surface area contributed by atoms with Gasteiger partial charge in [0.1, 0.15) is 11.5 Å². The summed E-state index contributed by atoms with van der Waals surface area (Å²) in [7, 11) is 0. The fraction of sp³-hybridized carbons (Fsp3) is 0.0769. The van der Waals surface area contributed by atoms with Gasteiger partial charge in [0.15, 0.2) is 0 Å². The number of hydrogen-bond acceptors (Lipinski definition) is 2. The van der Waals surface area contributed by atoms with Gasteiger partial charge in [0.05, 0.1) is 0 Å². The summed E-state index contributed by atoms with van der Waals surface area (Å²) in [6.07, 6.45) is 0.806. The van der Waals surface area contributed by atoms with Crippen LogP contribution in [0.4, 0.5) is 0 Å². The molecular weight excluding hydrogens is 204 g/mol. The Bertz CT molecular complexity index is 388. The van der Waals surface area contributed by atoms with Gasteiger partial charge in [-0.1, -0.05) is 24.3 Å². The topological polar surface area (TPSA) is 72.0 Å². The smallest absolute Gasteiger partial charge is 0.115 e. The highest BCUT2D eigenvalue weighted by atomic mass is 16.3. The Labute approximate surface area is 93.9 Å². The molecule has 0 radical (unpaired) electrons. The van der Waals surface area contributed by atoms with E-state index in [9.17, 15) is 0 Å². The molecule has 0 saturated carbocycles. The molecule has 0 heterocycles. The van der Waals surface area contributed by atoms with E-state index in [1.165, 1.54) is 0 Å². The Balaban J connectivity index is 0.00000128. The van der Waals surface area contributed by atoms with Gasteiger partial charge in [-0.2, -0.15) is 0 Å². The molecule has 0 atom stereocenters. The summed E-state index contributed by atoms with van der Waals surface area (Å²) in [6.45, 7) is 0. The van der Waals surface area contributed by atoms with E-state index in [-0.39, 0.29) is 17.0 Å². The number of hydrogen-bond donors (Lipinski definition) is 2. The van der Waals surface area contributed by atoms with Crippen LogP contribution in [0.2, 0.25) is 0 Å². The second kappa shape index (κ2) is 5.19. The standard InChI is InChI=1S/C13H12O2.H2O/c14-12-5-1-10(2-6-12)9-11-3-7-13(15)8-4-11;/h1-8,14-15H,9H2;1H2. The van der Waals surface area contributed by atoms with Crippen LogP contribution in [0.15, 0.2) is 48.5 Å². The summed E-state index contributed by atoms with van der Waals surface area (Å²) in [5.41, 5.74) is 2.27. The number of aromatic hydroxyl groups is 2. The monoisotopic (exact) mass is 218 g/mol. The summed E-state index contributed by atoms with van der Waals surface area (Å²) >= 11 is 0. The van der Waals surface area contributed by atoms with Crippen LogP contribution in [0.3, 0.4) is 0 Å². The highest BCUT2D eigenvalue weighted by Crippen LogP contribution is 2.15. The van der Waals surface area contributed by atoms with Crippen molar-refractivity contribution in [2.75, 3.05) is 0 Å². The van der Waals surface area contributed by atoms with Gasteiger partial charge in [0.25, 0.3) is 0 Å². The first-order valence-electron chi connectivity index (χ1n) is 4.80. The Kier molecular flexibility index (Phi) is 3.91. The van der Waals surface area contributed by atoms with Crippen LogP contribution in [0.5, 0.6) is 11.5 Å². The molecule has 0 aliphatic rings. The normalized spacial score (nSPS) is 9.50. The summed E-state index contributed by atoms with van der Waals surface area (Å²) in [5.74, 6) is 0.564. The zero-order chi connectivity index (χ0) is 10.7. The minimum atomic E-state index is 0. The Hall–Kier alpha value is -2.00. The number of benzene rings is 2. The lowest BCUT2D eigenvalue weighted by atomic mass is 10.1. The molecule has 3 heteroatoms. The summed E-state index contributed by atoms with van der Waals surface area (Å²) < 4.78 is 0. The van der Waals surface area contributed by atoms with Crippen molar-refractivity contribution < 1.29 is 15.7 Å². The van der Waals surface area contributed by atoms with Crippen molar-refractivity contribution in [1.82, 2.24) is 0 Å². The van der Waals surface area contributed by atoms with Crippen LogP contribution in [0.1, 0.15) is 11.1 Å². The van der Waals surface area contributed by atoms with E-state index in [4.69, 9.17) is 10.2 Å². The second-order valence-electron chi connectivity index (χ2n) is 3.51. The van der Waals surface area contributed by atoms with E-state index >= 15 is 0 Å². The molecule has 16 heavy (non-hydrogen) atoms. The fourth-order valence-electron chi connectivity index (χ4n) is 1.46. The quantitative estimate of drug-likeness (QED) is 0.807. The van der Waals surface area contributed by atoms with Gasteiger partial charge >= 0.3 is 0 Å². The first kappa shape index (κ1) is 12.1. The molecule has 2 aromatic carbocycles. The molecule has 0 saturated heterocycles.